The van der Waals surface area contributed by atoms with Crippen LogP contribution in [0.1, 0.15) is 16.7 Å². The molecular formula is C35H11F9N6O2. The Hall–Kier alpha value is -7.11. The number of fused-ring (bicyclic) bond motifs is 2. The maximum absolute atomic E-state index is 14.4. The van der Waals surface area contributed by atoms with Gasteiger partial charge in [-0.2, -0.15) is 60.6 Å². The fraction of sp³-hybridized carbons (Fsp3) is 0.0857. The topological polar surface area (TPSA) is 147 Å². The van der Waals surface area contributed by atoms with E-state index in [1.54, 1.807) is 0 Å². The largest absolute Gasteiger partial charge is 0.434 e. The molecule has 0 unspecified atom stereocenters. The van der Waals surface area contributed by atoms with Gasteiger partial charge >= 0.3 is 18.5 Å². The number of alkyl halides is 9. The highest BCUT2D eigenvalue weighted by Crippen LogP contribution is 2.49. The van der Waals surface area contributed by atoms with Crippen LogP contribution in [0.4, 0.5) is 39.5 Å². The van der Waals surface area contributed by atoms with Gasteiger partial charge in [-0.05, 0) is 40.5 Å². The molecular weight excluding hydrogens is 707 g/mol. The minimum Gasteiger partial charge on any atom is -0.434 e. The second-order valence-electron chi connectivity index (χ2n) is 10.7. The zero-order chi connectivity index (χ0) is 37.7. The molecule has 0 aliphatic heterocycles. The highest BCUT2D eigenvalue weighted by atomic mass is 19.4. The molecule has 6 rings (SSSR count). The molecule has 0 N–H and O–H groups in total. The Morgan fingerprint density at radius 2 is 0.942 bits per heavy atom. The monoisotopic (exact) mass is 718 g/mol. The Morgan fingerprint density at radius 1 is 0.500 bits per heavy atom. The van der Waals surface area contributed by atoms with Crippen molar-refractivity contribution in [3.05, 3.63) is 94.5 Å². The first-order valence-electron chi connectivity index (χ1n) is 14.2. The first kappa shape index (κ1) is 34.7. The zero-order valence-electron chi connectivity index (χ0n) is 25.3. The van der Waals surface area contributed by atoms with E-state index in [-0.39, 0.29) is 22.8 Å². The number of nitriles is 4. The summed E-state index contributed by atoms with van der Waals surface area (Å²) >= 11 is 0. The second-order valence-corrected chi connectivity index (χ2v) is 10.7. The van der Waals surface area contributed by atoms with E-state index in [2.05, 4.69) is 9.97 Å². The molecule has 0 atom stereocenters. The number of halogens is 9. The maximum Gasteiger partial charge on any atom is 0.417 e. The molecule has 0 aliphatic carbocycles. The minimum absolute atomic E-state index is 0.0859. The van der Waals surface area contributed by atoms with Gasteiger partial charge in [-0.25, -0.2) is 9.97 Å². The summed E-state index contributed by atoms with van der Waals surface area (Å²) < 4.78 is 139. The fourth-order valence-corrected chi connectivity index (χ4v) is 5.56. The predicted octanol–water partition coefficient (Wildman–Crippen LogP) is 8.42. The molecule has 0 amide bonds. The number of benzene rings is 4. The van der Waals surface area contributed by atoms with Crippen molar-refractivity contribution in [2.75, 3.05) is 0 Å². The van der Waals surface area contributed by atoms with E-state index in [9.17, 15) is 60.6 Å². The van der Waals surface area contributed by atoms with Crippen LogP contribution < -0.4 is 11.1 Å². The number of rotatable bonds is 3. The highest BCUT2D eigenvalue weighted by Gasteiger charge is 2.40. The lowest BCUT2D eigenvalue weighted by molar-refractivity contribution is -0.143. The van der Waals surface area contributed by atoms with E-state index >= 15 is 0 Å². The lowest BCUT2D eigenvalue weighted by atomic mass is 9.88. The fourth-order valence-electron chi connectivity index (χ4n) is 5.56. The summed E-state index contributed by atoms with van der Waals surface area (Å²) in [6.45, 7) is 0. The van der Waals surface area contributed by atoms with Crippen LogP contribution in [0, 0.1) is 45.3 Å². The Bertz CT molecular complexity index is 2630. The summed E-state index contributed by atoms with van der Waals surface area (Å²) in [4.78, 5) is 8.32. The van der Waals surface area contributed by atoms with Crippen LogP contribution in [0.2, 0.25) is 0 Å². The van der Waals surface area contributed by atoms with Crippen LogP contribution in [-0.4, -0.2) is 9.97 Å². The van der Waals surface area contributed by atoms with Gasteiger partial charge in [0.25, 0.3) is 0 Å². The van der Waals surface area contributed by atoms with Gasteiger partial charge in [0.15, 0.2) is 22.3 Å². The van der Waals surface area contributed by atoms with E-state index in [4.69, 9.17) is 8.83 Å². The number of oxazole rings is 2. The number of hydrogen-bond acceptors (Lipinski definition) is 8. The van der Waals surface area contributed by atoms with E-state index in [1.807, 2.05) is 0 Å². The summed E-state index contributed by atoms with van der Waals surface area (Å²) in [5, 5.41) is 38.3. The van der Waals surface area contributed by atoms with Crippen molar-refractivity contribution in [2.24, 2.45) is 0 Å². The molecule has 52 heavy (non-hydrogen) atoms. The van der Waals surface area contributed by atoms with Crippen LogP contribution in [0.25, 0.3) is 66.7 Å². The van der Waals surface area contributed by atoms with Crippen molar-refractivity contribution >= 4 is 33.3 Å². The summed E-state index contributed by atoms with van der Waals surface area (Å²) in [5.74, 6) is 0. The van der Waals surface area contributed by atoms with Crippen molar-refractivity contribution in [1.82, 2.24) is 9.97 Å². The Kier molecular flexibility index (Phi) is 8.24. The molecule has 2 heterocycles. The molecule has 0 fully saturated rings. The third-order valence-corrected chi connectivity index (χ3v) is 7.70. The van der Waals surface area contributed by atoms with Crippen molar-refractivity contribution in [1.29, 1.82) is 21.0 Å². The molecule has 2 aromatic heterocycles. The quantitative estimate of drug-likeness (QED) is 0.166. The van der Waals surface area contributed by atoms with Crippen LogP contribution in [0.15, 0.2) is 75.6 Å². The molecule has 8 nitrogen and oxygen atoms in total. The molecule has 6 aromatic rings. The van der Waals surface area contributed by atoms with E-state index in [1.165, 1.54) is 48.5 Å². The second kappa shape index (κ2) is 12.3. The Morgan fingerprint density at radius 3 is 1.40 bits per heavy atom. The molecule has 0 saturated heterocycles. The van der Waals surface area contributed by atoms with Crippen LogP contribution in [0.3, 0.4) is 0 Å². The van der Waals surface area contributed by atoms with Crippen LogP contribution >= 0.6 is 0 Å². The standard InChI is InChI=1S/C35H11F9N6O2/c36-33(37,38)18-9-10-20(24(11-18)35(42,43)44)19-5-1-2-6-21(19)25-27-30(52-31(49-27)16(12-45)13-46)26(22-7-3-4-8-23(22)34(39,40)41)28-29(25)51-32(50-28)17(14-47)15-48/h1-11H. The van der Waals surface area contributed by atoms with E-state index in [0.29, 0.717) is 18.2 Å². The minimum atomic E-state index is -5.34. The van der Waals surface area contributed by atoms with Gasteiger partial charge in [-0.1, -0.05) is 48.5 Å². The summed E-state index contributed by atoms with van der Waals surface area (Å²) in [5.41, 5.74) is -12.6. The highest BCUT2D eigenvalue weighted by molar-refractivity contribution is 6.17. The average molecular weight is 718 g/mol. The zero-order valence-corrected chi connectivity index (χ0v) is 25.3. The van der Waals surface area contributed by atoms with Crippen molar-refractivity contribution in [3.63, 3.8) is 0 Å². The average Bonchev–Trinajstić information content (AvgIpc) is 3.72. The van der Waals surface area contributed by atoms with Gasteiger partial charge in [0, 0.05) is 0 Å². The lowest BCUT2D eigenvalue weighted by Gasteiger charge is -2.19. The SMILES string of the molecule is N#CC(C#N)=c1nc2c(-c3ccccc3C(F)(F)F)c3oc(=C(C#N)C#N)nc3c(-c3ccccc3-c3ccc(C(F)(F)F)cc3C(F)(F)F)c2o1. The van der Waals surface area contributed by atoms with Gasteiger partial charge in [0.2, 0.25) is 11.1 Å². The van der Waals surface area contributed by atoms with Gasteiger partial charge in [0.1, 0.15) is 35.3 Å². The van der Waals surface area contributed by atoms with Crippen molar-refractivity contribution in [3.8, 4) is 57.7 Å². The molecule has 0 bridgehead atoms. The molecule has 17 heteroatoms. The Balaban J connectivity index is 1.89. The molecule has 0 spiro atoms. The first-order chi connectivity index (χ1) is 24.5. The first-order valence-corrected chi connectivity index (χ1v) is 14.2. The third kappa shape index (κ3) is 5.80. The van der Waals surface area contributed by atoms with Crippen molar-refractivity contribution in [2.45, 2.75) is 18.5 Å². The van der Waals surface area contributed by atoms with Crippen LogP contribution in [-0.2, 0) is 18.5 Å². The number of aromatic nitrogens is 2. The Labute approximate surface area is 283 Å². The van der Waals surface area contributed by atoms with Gasteiger partial charge in [-0.3, -0.25) is 0 Å². The third-order valence-electron chi connectivity index (χ3n) is 7.70. The summed E-state index contributed by atoms with van der Waals surface area (Å²) in [7, 11) is 0. The molecule has 0 aliphatic rings. The predicted molar refractivity (Wildman–Crippen MR) is 161 cm³/mol. The maximum atomic E-state index is 14.4. The van der Waals surface area contributed by atoms with Crippen molar-refractivity contribution < 1.29 is 48.3 Å². The van der Waals surface area contributed by atoms with E-state index < -0.39 is 96.3 Å². The van der Waals surface area contributed by atoms with Gasteiger partial charge in [0.05, 0.1) is 27.8 Å². The molecule has 0 radical (unpaired) electrons. The van der Waals surface area contributed by atoms with Crippen LogP contribution in [0.5, 0.6) is 0 Å². The summed E-state index contributed by atoms with van der Waals surface area (Å²) in [6.07, 6.45) is -15.5. The molecule has 0 saturated carbocycles. The summed E-state index contributed by atoms with van der Waals surface area (Å²) in [6, 6.07) is 15.9. The lowest BCUT2D eigenvalue weighted by Crippen LogP contribution is -2.12. The van der Waals surface area contributed by atoms with Gasteiger partial charge < -0.3 is 8.83 Å². The number of nitrogens with zero attached hydrogens (tertiary/aromatic N) is 6. The number of hydrogen-bond donors (Lipinski definition) is 0. The molecule has 256 valence electrons. The molecule has 4 aromatic carbocycles. The smallest absolute Gasteiger partial charge is 0.417 e. The van der Waals surface area contributed by atoms with E-state index in [0.717, 1.165) is 18.2 Å². The normalized spacial score (nSPS) is 11.9. The van der Waals surface area contributed by atoms with Gasteiger partial charge in [-0.15, -0.1) is 0 Å².